The lowest BCUT2D eigenvalue weighted by Gasteiger charge is -2.34. The van der Waals surface area contributed by atoms with Gasteiger partial charge in [0.05, 0.1) is 23.8 Å². The summed E-state index contributed by atoms with van der Waals surface area (Å²) in [4.78, 5) is 27.8. The molecule has 0 saturated carbocycles. The minimum absolute atomic E-state index is 0.0167. The van der Waals surface area contributed by atoms with Gasteiger partial charge in [-0.3, -0.25) is 9.59 Å². The molecule has 2 unspecified atom stereocenters. The van der Waals surface area contributed by atoms with Crippen LogP contribution >= 0.6 is 0 Å². The number of nitriles is 1. The third-order valence-corrected chi connectivity index (χ3v) is 7.28. The molecule has 2 aliphatic rings. The number of nitrogens with two attached hydrogens (primary N) is 1. The van der Waals surface area contributed by atoms with Crippen LogP contribution < -0.4 is 10.5 Å². The predicted octanol–water partition coefficient (Wildman–Crippen LogP) is 3.26. The van der Waals surface area contributed by atoms with E-state index in [-0.39, 0.29) is 18.5 Å². The number of carbonyl (C=O) groups excluding carboxylic acids is 2. The van der Waals surface area contributed by atoms with Gasteiger partial charge in [-0.25, -0.2) is 8.78 Å². The highest BCUT2D eigenvalue weighted by Crippen LogP contribution is 2.30. The summed E-state index contributed by atoms with van der Waals surface area (Å²) >= 11 is 0. The summed E-state index contributed by atoms with van der Waals surface area (Å²) in [7, 11) is 0. The third-order valence-electron chi connectivity index (χ3n) is 7.28. The smallest absolute Gasteiger partial charge is 0.257 e. The van der Waals surface area contributed by atoms with E-state index in [9.17, 15) is 24.3 Å². The number of nitrogens with zero attached hydrogens (tertiary/aromatic N) is 3. The van der Waals surface area contributed by atoms with Crippen LogP contribution in [0.2, 0.25) is 0 Å². The first-order chi connectivity index (χ1) is 18.4. The number of piperidine rings is 1. The molecule has 0 aromatic heterocycles. The fourth-order valence-electron chi connectivity index (χ4n) is 5.30. The van der Waals surface area contributed by atoms with Gasteiger partial charge in [0.2, 0.25) is 5.91 Å². The van der Waals surface area contributed by atoms with Gasteiger partial charge in [-0.05, 0) is 81.1 Å². The van der Waals surface area contributed by atoms with E-state index in [1.54, 1.807) is 38.1 Å². The van der Waals surface area contributed by atoms with Gasteiger partial charge in [-0.2, -0.15) is 5.26 Å². The topological polar surface area (TPSA) is 120 Å². The van der Waals surface area contributed by atoms with E-state index in [0.29, 0.717) is 41.5 Å². The number of alkyl halides is 1. The number of likely N-dealkylation sites (tertiary alicyclic amines) is 2. The van der Waals surface area contributed by atoms with Gasteiger partial charge in [0.1, 0.15) is 29.3 Å². The molecular weight excluding hydrogens is 506 g/mol. The van der Waals surface area contributed by atoms with Crippen molar-refractivity contribution in [2.24, 2.45) is 11.7 Å². The number of amides is 2. The third kappa shape index (κ3) is 6.91. The molecule has 2 heterocycles. The van der Waals surface area contributed by atoms with Crippen LogP contribution in [0.4, 0.5) is 8.78 Å². The summed E-state index contributed by atoms with van der Waals surface area (Å²) in [6, 6.07) is 10.2. The molecule has 3 N–H and O–H groups in total. The van der Waals surface area contributed by atoms with Crippen LogP contribution in [0.15, 0.2) is 36.4 Å². The van der Waals surface area contributed by atoms with Crippen molar-refractivity contribution in [1.29, 1.82) is 5.26 Å². The van der Waals surface area contributed by atoms with E-state index >= 15 is 4.39 Å². The van der Waals surface area contributed by atoms with Gasteiger partial charge in [0.25, 0.3) is 5.91 Å². The van der Waals surface area contributed by atoms with Gasteiger partial charge in [-0.1, -0.05) is 12.1 Å². The van der Waals surface area contributed by atoms with Crippen molar-refractivity contribution >= 4 is 11.8 Å². The Bertz CT molecular complexity index is 1260. The number of benzene rings is 2. The van der Waals surface area contributed by atoms with Crippen LogP contribution in [0.1, 0.15) is 49.0 Å². The van der Waals surface area contributed by atoms with Crippen molar-refractivity contribution in [3.05, 3.63) is 53.3 Å². The molecule has 0 radical (unpaired) electrons. The second-order valence-corrected chi connectivity index (χ2v) is 11.0. The van der Waals surface area contributed by atoms with Crippen molar-refractivity contribution in [1.82, 2.24) is 9.80 Å². The molecule has 8 nitrogen and oxygen atoms in total. The molecule has 4 rings (SSSR count). The Kier molecular flexibility index (Phi) is 8.52. The molecule has 2 fully saturated rings. The van der Waals surface area contributed by atoms with Crippen LogP contribution in [0.25, 0.3) is 11.1 Å². The van der Waals surface area contributed by atoms with Gasteiger partial charge in [0, 0.05) is 19.5 Å². The molecule has 10 heteroatoms. The van der Waals surface area contributed by atoms with Crippen LogP contribution in [0, 0.1) is 23.1 Å². The van der Waals surface area contributed by atoms with Crippen LogP contribution in [-0.2, 0) is 4.79 Å². The second-order valence-electron chi connectivity index (χ2n) is 11.0. The van der Waals surface area contributed by atoms with Crippen molar-refractivity contribution in [2.75, 3.05) is 32.8 Å². The van der Waals surface area contributed by atoms with E-state index in [2.05, 4.69) is 11.0 Å². The zero-order chi connectivity index (χ0) is 28.3. The molecular formula is C29H34F2N4O4. The van der Waals surface area contributed by atoms with E-state index in [0.717, 1.165) is 30.8 Å². The summed E-state index contributed by atoms with van der Waals surface area (Å²) in [5, 5.41) is 19.6. The number of hydrogen-bond acceptors (Lipinski definition) is 6. The molecule has 2 atom stereocenters. The maximum Gasteiger partial charge on any atom is 0.257 e. The van der Waals surface area contributed by atoms with Gasteiger partial charge in [0.15, 0.2) is 0 Å². The van der Waals surface area contributed by atoms with Crippen LogP contribution in [0.5, 0.6) is 5.75 Å². The first-order valence-corrected chi connectivity index (χ1v) is 13.1. The number of aliphatic hydroxyl groups is 1. The van der Waals surface area contributed by atoms with Gasteiger partial charge in [-0.15, -0.1) is 0 Å². The fraction of sp³-hybridized carbons (Fsp3) is 0.483. The molecule has 0 aliphatic carbocycles. The van der Waals surface area contributed by atoms with Gasteiger partial charge >= 0.3 is 0 Å². The van der Waals surface area contributed by atoms with Crippen molar-refractivity contribution in [3.8, 4) is 22.9 Å². The number of carbonyl (C=O) groups is 2. The quantitative estimate of drug-likeness (QED) is 0.531. The summed E-state index contributed by atoms with van der Waals surface area (Å²) in [6.07, 6.45) is 0.886. The highest BCUT2D eigenvalue weighted by molar-refractivity contribution is 5.98. The summed E-state index contributed by atoms with van der Waals surface area (Å²) < 4.78 is 34.9. The van der Waals surface area contributed by atoms with Crippen molar-refractivity contribution in [2.45, 2.75) is 50.9 Å². The second kappa shape index (κ2) is 11.7. The number of primary amides is 1. The first kappa shape index (κ1) is 28.5. The molecule has 2 aliphatic heterocycles. The molecule has 39 heavy (non-hydrogen) atoms. The molecule has 2 aromatic rings. The lowest BCUT2D eigenvalue weighted by atomic mass is 9.96. The predicted molar refractivity (Wildman–Crippen MR) is 141 cm³/mol. The minimum atomic E-state index is -1.23. The molecule has 208 valence electrons. The maximum atomic E-state index is 15.0. The lowest BCUT2D eigenvalue weighted by Crippen LogP contribution is -2.44. The molecule has 0 bridgehead atoms. The number of hydrogen-bond donors (Lipinski definition) is 2. The Labute approximate surface area is 226 Å². The monoisotopic (exact) mass is 540 g/mol. The average Bonchev–Trinajstić information content (AvgIpc) is 3.29. The minimum Gasteiger partial charge on any atom is -0.492 e. The van der Waals surface area contributed by atoms with Crippen LogP contribution in [0.3, 0.4) is 0 Å². The number of β-amino-alcohol motifs (C(OH)–C–C–N with tert-alkyl or cyclic N) is 1. The van der Waals surface area contributed by atoms with E-state index in [1.807, 2.05) is 0 Å². The Morgan fingerprint density at radius 1 is 1.18 bits per heavy atom. The van der Waals surface area contributed by atoms with E-state index in [4.69, 9.17) is 10.5 Å². The largest absolute Gasteiger partial charge is 0.492 e. The van der Waals surface area contributed by atoms with E-state index in [1.165, 1.54) is 12.1 Å². The number of halogens is 2. The fourth-order valence-corrected chi connectivity index (χ4v) is 5.30. The average molecular weight is 541 g/mol. The Balaban J connectivity index is 1.41. The first-order valence-electron chi connectivity index (χ1n) is 13.1. The normalized spacial score (nSPS) is 20.6. The zero-order valence-corrected chi connectivity index (χ0v) is 22.2. The Hall–Kier alpha value is -3.55. The molecule has 2 saturated heterocycles. The van der Waals surface area contributed by atoms with Crippen molar-refractivity contribution in [3.63, 3.8) is 0 Å². The zero-order valence-electron chi connectivity index (χ0n) is 22.2. The van der Waals surface area contributed by atoms with Crippen LogP contribution in [-0.4, -0.2) is 77.3 Å². The van der Waals surface area contributed by atoms with E-state index < -0.39 is 35.4 Å². The molecule has 2 amide bonds. The summed E-state index contributed by atoms with van der Waals surface area (Å²) in [6.45, 7) is 5.52. The SMILES string of the molecule is CC(C)(F)CN1CCC(COc2ccc(-c3ccc(C(=O)N4CC(O)CC4C(N)=O)c(F)c3)cc2C#N)CC1. The molecule has 0 spiro atoms. The lowest BCUT2D eigenvalue weighted by molar-refractivity contribution is -0.121. The number of ether oxygens (including phenoxy) is 1. The number of rotatable bonds is 8. The summed E-state index contributed by atoms with van der Waals surface area (Å²) in [5.41, 5.74) is 5.23. The Morgan fingerprint density at radius 3 is 2.46 bits per heavy atom. The highest BCUT2D eigenvalue weighted by Gasteiger charge is 2.38. The maximum absolute atomic E-state index is 15.0. The van der Waals surface area contributed by atoms with Gasteiger partial charge < -0.3 is 25.4 Å². The highest BCUT2D eigenvalue weighted by atomic mass is 19.1. The standard InChI is InChI=1S/C29H34F2N4O4/c1-29(2,31)17-34-9-7-18(8-10-34)16-39-26-6-4-19(11-21(26)14-32)20-3-5-23(24(30)12-20)28(38)35-15-22(36)13-25(35)27(33)37/h3-6,11-12,18,22,25,36H,7-10,13,15-17H2,1-2H3,(H2,33,37). The Morgan fingerprint density at radius 2 is 1.85 bits per heavy atom. The number of aliphatic hydroxyl groups excluding tert-OH is 1. The molecule has 2 aromatic carbocycles. The summed E-state index contributed by atoms with van der Waals surface area (Å²) in [5.74, 6) is -1.52. The van der Waals surface area contributed by atoms with Crippen molar-refractivity contribution < 1.29 is 28.2 Å².